The Morgan fingerprint density at radius 3 is 2.79 bits per heavy atom. The molecule has 0 spiro atoms. The summed E-state index contributed by atoms with van der Waals surface area (Å²) in [4.78, 5) is 4.19. The Labute approximate surface area is 87.6 Å². The number of nitrogens with zero attached hydrogens (tertiary/aromatic N) is 1. The van der Waals surface area contributed by atoms with Crippen LogP contribution in [-0.4, -0.2) is 4.98 Å². The zero-order valence-corrected chi connectivity index (χ0v) is 9.06. The molecule has 0 atom stereocenters. The van der Waals surface area contributed by atoms with Crippen molar-refractivity contribution in [3.63, 3.8) is 0 Å². The van der Waals surface area contributed by atoms with Crippen LogP contribution in [0.1, 0.15) is 10.6 Å². The molecule has 0 radical (unpaired) electrons. The molecule has 0 aliphatic heterocycles. The first kappa shape index (κ1) is 9.21. The van der Waals surface area contributed by atoms with Gasteiger partial charge in [-0.2, -0.15) is 0 Å². The van der Waals surface area contributed by atoms with E-state index in [0.717, 1.165) is 15.7 Å². The van der Waals surface area contributed by atoms with Gasteiger partial charge >= 0.3 is 0 Å². The molecule has 1 N–H and O–H groups in total. The van der Waals surface area contributed by atoms with Gasteiger partial charge < -0.3 is 5.32 Å². The SMILES string of the molecule is Cc1cccc(Nc2cnc(C)s2)c1. The third-order valence-corrected chi connectivity index (χ3v) is 2.74. The van der Waals surface area contributed by atoms with Crippen molar-refractivity contribution >= 4 is 22.0 Å². The second-order valence-corrected chi connectivity index (χ2v) is 4.47. The van der Waals surface area contributed by atoms with Crippen LogP contribution in [0.3, 0.4) is 0 Å². The van der Waals surface area contributed by atoms with Crippen molar-refractivity contribution in [1.82, 2.24) is 4.98 Å². The predicted molar refractivity (Wildman–Crippen MR) is 61.3 cm³/mol. The van der Waals surface area contributed by atoms with Gasteiger partial charge in [-0.05, 0) is 31.5 Å². The van der Waals surface area contributed by atoms with Crippen LogP contribution in [0.4, 0.5) is 10.7 Å². The first-order valence-electron chi connectivity index (χ1n) is 4.50. The van der Waals surface area contributed by atoms with Crippen molar-refractivity contribution in [2.24, 2.45) is 0 Å². The Hall–Kier alpha value is -1.35. The predicted octanol–water partition coefficient (Wildman–Crippen LogP) is 3.50. The average molecular weight is 204 g/mol. The topological polar surface area (TPSA) is 24.9 Å². The minimum Gasteiger partial charge on any atom is -0.346 e. The largest absolute Gasteiger partial charge is 0.346 e. The molecule has 1 aromatic heterocycles. The van der Waals surface area contributed by atoms with E-state index in [2.05, 4.69) is 35.4 Å². The number of aryl methyl sites for hydroxylation is 2. The molecule has 14 heavy (non-hydrogen) atoms. The van der Waals surface area contributed by atoms with Crippen molar-refractivity contribution in [1.29, 1.82) is 0 Å². The van der Waals surface area contributed by atoms with Gasteiger partial charge in [0.05, 0.1) is 11.2 Å². The fraction of sp³-hybridized carbons (Fsp3) is 0.182. The summed E-state index contributed by atoms with van der Waals surface area (Å²) in [5.74, 6) is 0. The summed E-state index contributed by atoms with van der Waals surface area (Å²) in [6.07, 6.45) is 1.86. The Morgan fingerprint density at radius 1 is 1.29 bits per heavy atom. The summed E-state index contributed by atoms with van der Waals surface area (Å²) >= 11 is 1.67. The molecule has 1 heterocycles. The highest BCUT2D eigenvalue weighted by atomic mass is 32.1. The molecule has 0 aliphatic rings. The Balaban J connectivity index is 2.18. The molecule has 1 aromatic carbocycles. The van der Waals surface area contributed by atoms with Crippen molar-refractivity contribution in [2.45, 2.75) is 13.8 Å². The van der Waals surface area contributed by atoms with E-state index in [1.54, 1.807) is 11.3 Å². The minimum atomic E-state index is 1.08. The van der Waals surface area contributed by atoms with Crippen molar-refractivity contribution in [2.75, 3.05) is 5.32 Å². The zero-order valence-electron chi connectivity index (χ0n) is 8.24. The second kappa shape index (κ2) is 3.80. The molecule has 72 valence electrons. The molecule has 0 fully saturated rings. The quantitative estimate of drug-likeness (QED) is 0.809. The number of nitrogens with one attached hydrogen (secondary N) is 1. The number of aromatic nitrogens is 1. The van der Waals surface area contributed by atoms with Crippen LogP contribution in [0.2, 0.25) is 0 Å². The molecule has 0 saturated carbocycles. The molecule has 0 bridgehead atoms. The van der Waals surface area contributed by atoms with Crippen molar-refractivity contribution in [3.05, 3.63) is 41.0 Å². The molecule has 0 aliphatic carbocycles. The lowest BCUT2D eigenvalue weighted by molar-refractivity contribution is 1.30. The normalized spacial score (nSPS) is 10.1. The molecule has 2 aromatic rings. The second-order valence-electron chi connectivity index (χ2n) is 3.24. The van der Waals surface area contributed by atoms with Gasteiger partial charge in [-0.25, -0.2) is 4.98 Å². The monoisotopic (exact) mass is 204 g/mol. The molecular weight excluding hydrogens is 192 g/mol. The standard InChI is InChI=1S/C11H12N2S/c1-8-4-3-5-10(6-8)13-11-7-12-9(2)14-11/h3-7,13H,1-2H3. The summed E-state index contributed by atoms with van der Waals surface area (Å²) in [5, 5.41) is 5.50. The van der Waals surface area contributed by atoms with Crippen LogP contribution >= 0.6 is 11.3 Å². The van der Waals surface area contributed by atoms with Gasteiger partial charge in [0.1, 0.15) is 5.00 Å². The molecule has 2 rings (SSSR count). The summed E-state index contributed by atoms with van der Waals surface area (Å²) in [5.41, 5.74) is 2.38. The highest BCUT2D eigenvalue weighted by Crippen LogP contribution is 2.22. The lowest BCUT2D eigenvalue weighted by atomic mass is 10.2. The number of benzene rings is 1. The van der Waals surface area contributed by atoms with E-state index in [1.807, 2.05) is 19.2 Å². The molecule has 3 heteroatoms. The zero-order chi connectivity index (χ0) is 9.97. The fourth-order valence-electron chi connectivity index (χ4n) is 1.28. The Bertz CT molecular complexity index is 434. The van der Waals surface area contributed by atoms with Gasteiger partial charge in [0.15, 0.2) is 0 Å². The van der Waals surface area contributed by atoms with E-state index in [9.17, 15) is 0 Å². The van der Waals surface area contributed by atoms with E-state index in [0.29, 0.717) is 0 Å². The van der Waals surface area contributed by atoms with E-state index >= 15 is 0 Å². The first-order valence-corrected chi connectivity index (χ1v) is 5.32. The van der Waals surface area contributed by atoms with E-state index < -0.39 is 0 Å². The maximum atomic E-state index is 4.19. The highest BCUT2D eigenvalue weighted by Gasteiger charge is 1.98. The van der Waals surface area contributed by atoms with Gasteiger partial charge in [-0.15, -0.1) is 11.3 Å². The maximum absolute atomic E-state index is 4.19. The lowest BCUT2D eigenvalue weighted by Crippen LogP contribution is -1.86. The number of hydrogen-bond acceptors (Lipinski definition) is 3. The van der Waals surface area contributed by atoms with Crippen LogP contribution in [0.15, 0.2) is 30.5 Å². The lowest BCUT2D eigenvalue weighted by Gasteiger charge is -2.02. The van der Waals surface area contributed by atoms with Crippen LogP contribution in [0.25, 0.3) is 0 Å². The van der Waals surface area contributed by atoms with Gasteiger partial charge in [0, 0.05) is 5.69 Å². The van der Waals surface area contributed by atoms with Gasteiger partial charge in [0.25, 0.3) is 0 Å². The Kier molecular flexibility index (Phi) is 2.50. The highest BCUT2D eigenvalue weighted by molar-refractivity contribution is 7.15. The third-order valence-electron chi connectivity index (χ3n) is 1.91. The maximum Gasteiger partial charge on any atom is 0.113 e. The van der Waals surface area contributed by atoms with E-state index in [-0.39, 0.29) is 0 Å². The van der Waals surface area contributed by atoms with Crippen molar-refractivity contribution < 1.29 is 0 Å². The number of hydrogen-bond donors (Lipinski definition) is 1. The van der Waals surface area contributed by atoms with E-state index in [1.165, 1.54) is 5.56 Å². The van der Waals surface area contributed by atoms with Crippen molar-refractivity contribution in [3.8, 4) is 0 Å². The molecule has 0 amide bonds. The summed E-state index contributed by atoms with van der Waals surface area (Å²) in [7, 11) is 0. The minimum absolute atomic E-state index is 1.08. The molecule has 0 saturated heterocycles. The molecular formula is C11H12N2S. The number of thiazole rings is 1. The summed E-state index contributed by atoms with van der Waals surface area (Å²) < 4.78 is 0. The number of anilines is 2. The smallest absolute Gasteiger partial charge is 0.113 e. The number of rotatable bonds is 2. The summed E-state index contributed by atoms with van der Waals surface area (Å²) in [6.45, 7) is 4.09. The van der Waals surface area contributed by atoms with Crippen LogP contribution in [0.5, 0.6) is 0 Å². The third kappa shape index (κ3) is 2.12. The van der Waals surface area contributed by atoms with Gasteiger partial charge in [-0.1, -0.05) is 12.1 Å². The summed E-state index contributed by atoms with van der Waals surface area (Å²) in [6, 6.07) is 8.31. The van der Waals surface area contributed by atoms with Crippen LogP contribution in [0, 0.1) is 13.8 Å². The Morgan fingerprint density at radius 2 is 2.14 bits per heavy atom. The van der Waals surface area contributed by atoms with Gasteiger partial charge in [0.2, 0.25) is 0 Å². The first-order chi connectivity index (χ1) is 6.74. The molecule has 0 unspecified atom stereocenters. The van der Waals surface area contributed by atoms with Crippen LogP contribution in [-0.2, 0) is 0 Å². The van der Waals surface area contributed by atoms with Crippen LogP contribution < -0.4 is 5.32 Å². The fourth-order valence-corrected chi connectivity index (χ4v) is 1.98. The van der Waals surface area contributed by atoms with Gasteiger partial charge in [-0.3, -0.25) is 0 Å². The molecule has 2 nitrogen and oxygen atoms in total. The van der Waals surface area contributed by atoms with E-state index in [4.69, 9.17) is 0 Å². The average Bonchev–Trinajstić information content (AvgIpc) is 2.51.